The summed E-state index contributed by atoms with van der Waals surface area (Å²) in [4.78, 5) is 12.1. The van der Waals surface area contributed by atoms with Gasteiger partial charge in [0.05, 0.1) is 6.61 Å². The van der Waals surface area contributed by atoms with E-state index in [1.165, 1.54) is 16.7 Å². The fourth-order valence-corrected chi connectivity index (χ4v) is 2.68. The zero-order chi connectivity index (χ0) is 16.7. The Kier molecular flexibility index (Phi) is 6.36. The number of rotatable bonds is 7. The number of aryl methyl sites for hydroxylation is 3. The Morgan fingerprint density at radius 3 is 2.48 bits per heavy atom. The van der Waals surface area contributed by atoms with Gasteiger partial charge in [-0.2, -0.15) is 0 Å². The van der Waals surface area contributed by atoms with Gasteiger partial charge in [-0.05, 0) is 42.5 Å². The summed E-state index contributed by atoms with van der Waals surface area (Å²) in [6.07, 6.45) is 1.29. The summed E-state index contributed by atoms with van der Waals surface area (Å²) in [5, 5.41) is 3.00. The van der Waals surface area contributed by atoms with Crippen LogP contribution in [0.25, 0.3) is 0 Å². The van der Waals surface area contributed by atoms with E-state index in [-0.39, 0.29) is 5.91 Å². The molecule has 0 radical (unpaired) electrons. The van der Waals surface area contributed by atoms with E-state index in [0.717, 1.165) is 17.5 Å². The molecule has 0 heterocycles. The normalized spacial score (nSPS) is 10.6. The molecule has 0 saturated carbocycles. The molecular formula is C20H25NO2. The van der Waals surface area contributed by atoms with Gasteiger partial charge in [-0.1, -0.05) is 48.0 Å². The molecule has 0 saturated heterocycles. The number of hydrogen-bond acceptors (Lipinski definition) is 2. The quantitative estimate of drug-likeness (QED) is 0.847. The van der Waals surface area contributed by atoms with Crippen LogP contribution < -0.4 is 5.32 Å². The fourth-order valence-electron chi connectivity index (χ4n) is 2.68. The minimum absolute atomic E-state index is 0.0807. The summed E-state index contributed by atoms with van der Waals surface area (Å²) in [6.45, 7) is 5.29. The Morgan fingerprint density at radius 1 is 1.04 bits per heavy atom. The third-order valence-corrected chi connectivity index (χ3v) is 4.01. The average Bonchev–Trinajstić information content (AvgIpc) is 2.53. The van der Waals surface area contributed by atoms with Gasteiger partial charge in [-0.15, -0.1) is 0 Å². The molecule has 2 aromatic rings. The molecular weight excluding hydrogens is 286 g/mol. The molecule has 122 valence electrons. The van der Waals surface area contributed by atoms with Crippen molar-refractivity contribution in [2.45, 2.75) is 39.8 Å². The van der Waals surface area contributed by atoms with E-state index in [1.54, 1.807) is 7.11 Å². The maximum absolute atomic E-state index is 12.1. The summed E-state index contributed by atoms with van der Waals surface area (Å²) >= 11 is 0. The first-order valence-electron chi connectivity index (χ1n) is 7.98. The van der Waals surface area contributed by atoms with Gasteiger partial charge in [-0.25, -0.2) is 0 Å². The van der Waals surface area contributed by atoms with Crippen LogP contribution >= 0.6 is 0 Å². The van der Waals surface area contributed by atoms with Crippen molar-refractivity contribution in [1.29, 1.82) is 0 Å². The first-order chi connectivity index (χ1) is 11.1. The smallest absolute Gasteiger partial charge is 0.220 e. The van der Waals surface area contributed by atoms with Crippen LogP contribution in [-0.2, 0) is 29.1 Å². The van der Waals surface area contributed by atoms with Crippen molar-refractivity contribution in [1.82, 2.24) is 5.32 Å². The van der Waals surface area contributed by atoms with Gasteiger partial charge in [0.25, 0.3) is 0 Å². The van der Waals surface area contributed by atoms with Crippen molar-refractivity contribution in [3.05, 3.63) is 70.3 Å². The highest BCUT2D eigenvalue weighted by molar-refractivity contribution is 5.76. The number of carbonyl (C=O) groups excluding carboxylic acids is 1. The monoisotopic (exact) mass is 311 g/mol. The second kappa shape index (κ2) is 8.49. The lowest BCUT2D eigenvalue weighted by atomic mass is 10.0. The van der Waals surface area contributed by atoms with Crippen molar-refractivity contribution in [3.63, 3.8) is 0 Å². The van der Waals surface area contributed by atoms with Crippen LogP contribution in [0.4, 0.5) is 0 Å². The van der Waals surface area contributed by atoms with Gasteiger partial charge >= 0.3 is 0 Å². The van der Waals surface area contributed by atoms with E-state index >= 15 is 0 Å². The van der Waals surface area contributed by atoms with Crippen molar-refractivity contribution < 1.29 is 9.53 Å². The van der Waals surface area contributed by atoms with Crippen LogP contribution in [0.2, 0.25) is 0 Å². The zero-order valence-corrected chi connectivity index (χ0v) is 14.2. The maximum Gasteiger partial charge on any atom is 0.220 e. The van der Waals surface area contributed by atoms with Crippen LogP contribution in [0, 0.1) is 13.8 Å². The van der Waals surface area contributed by atoms with E-state index in [1.807, 2.05) is 24.3 Å². The Hall–Kier alpha value is -2.13. The van der Waals surface area contributed by atoms with Crippen molar-refractivity contribution in [2.75, 3.05) is 7.11 Å². The molecule has 0 unspecified atom stereocenters. The van der Waals surface area contributed by atoms with E-state index in [0.29, 0.717) is 19.6 Å². The molecule has 1 N–H and O–H groups in total. The number of hydrogen-bond donors (Lipinski definition) is 1. The summed E-state index contributed by atoms with van der Waals surface area (Å²) in [5.74, 6) is 0.0807. The summed E-state index contributed by atoms with van der Waals surface area (Å²) < 4.78 is 5.19. The second-order valence-corrected chi connectivity index (χ2v) is 5.91. The van der Waals surface area contributed by atoms with Gasteiger partial charge in [0.15, 0.2) is 0 Å². The third kappa shape index (κ3) is 5.22. The van der Waals surface area contributed by atoms with Crippen molar-refractivity contribution >= 4 is 5.91 Å². The van der Waals surface area contributed by atoms with E-state index < -0.39 is 0 Å². The molecule has 0 spiro atoms. The number of ether oxygens (including phenoxy) is 1. The molecule has 0 aliphatic rings. The van der Waals surface area contributed by atoms with Gasteiger partial charge in [0.1, 0.15) is 0 Å². The summed E-state index contributed by atoms with van der Waals surface area (Å²) in [7, 11) is 1.68. The molecule has 0 aliphatic carbocycles. The number of benzene rings is 2. The first-order valence-corrected chi connectivity index (χ1v) is 7.98. The van der Waals surface area contributed by atoms with Gasteiger partial charge in [-0.3, -0.25) is 4.79 Å². The topological polar surface area (TPSA) is 38.3 Å². The largest absolute Gasteiger partial charge is 0.380 e. The van der Waals surface area contributed by atoms with Crippen LogP contribution in [-0.4, -0.2) is 13.0 Å². The van der Waals surface area contributed by atoms with Crippen LogP contribution in [0.15, 0.2) is 42.5 Å². The van der Waals surface area contributed by atoms with Crippen LogP contribution in [0.3, 0.4) is 0 Å². The predicted molar refractivity (Wildman–Crippen MR) is 93.2 cm³/mol. The number of methoxy groups -OCH3 is 1. The van der Waals surface area contributed by atoms with Crippen molar-refractivity contribution in [2.24, 2.45) is 0 Å². The molecule has 0 aromatic heterocycles. The molecule has 3 heteroatoms. The minimum Gasteiger partial charge on any atom is -0.380 e. The lowest BCUT2D eigenvalue weighted by Gasteiger charge is -2.11. The van der Waals surface area contributed by atoms with E-state index in [4.69, 9.17) is 4.74 Å². The second-order valence-electron chi connectivity index (χ2n) is 5.91. The van der Waals surface area contributed by atoms with Crippen LogP contribution in [0.5, 0.6) is 0 Å². The average molecular weight is 311 g/mol. The SMILES string of the molecule is COCc1ccccc1CNC(=O)CCc1ccc(C)cc1C. The standard InChI is InChI=1S/C20H25NO2/c1-15-8-9-17(16(2)12-15)10-11-20(22)21-13-18-6-4-5-7-19(18)14-23-3/h4-9,12H,10-11,13-14H2,1-3H3,(H,21,22). The highest BCUT2D eigenvalue weighted by atomic mass is 16.5. The molecule has 0 aliphatic heterocycles. The van der Waals surface area contributed by atoms with Gasteiger partial charge in [0.2, 0.25) is 5.91 Å². The Bertz CT molecular complexity index is 664. The highest BCUT2D eigenvalue weighted by Crippen LogP contribution is 2.13. The Labute approximate surface area is 138 Å². The molecule has 2 rings (SSSR count). The van der Waals surface area contributed by atoms with Gasteiger partial charge in [0, 0.05) is 20.1 Å². The number of carbonyl (C=O) groups is 1. The molecule has 3 nitrogen and oxygen atoms in total. The Balaban J connectivity index is 1.86. The van der Waals surface area contributed by atoms with Gasteiger partial charge < -0.3 is 10.1 Å². The Morgan fingerprint density at radius 2 is 1.78 bits per heavy atom. The van der Waals surface area contributed by atoms with E-state index in [2.05, 4.69) is 37.4 Å². The lowest BCUT2D eigenvalue weighted by Crippen LogP contribution is -2.23. The molecule has 2 aromatic carbocycles. The minimum atomic E-state index is 0.0807. The summed E-state index contributed by atoms with van der Waals surface area (Å²) in [5.41, 5.74) is 5.97. The first kappa shape index (κ1) is 17.2. The van der Waals surface area contributed by atoms with Crippen LogP contribution in [0.1, 0.15) is 34.2 Å². The van der Waals surface area contributed by atoms with Crippen molar-refractivity contribution in [3.8, 4) is 0 Å². The highest BCUT2D eigenvalue weighted by Gasteiger charge is 2.06. The number of nitrogens with one attached hydrogen (secondary N) is 1. The third-order valence-electron chi connectivity index (χ3n) is 4.01. The maximum atomic E-state index is 12.1. The number of amides is 1. The molecule has 0 fully saturated rings. The fraction of sp³-hybridized carbons (Fsp3) is 0.350. The predicted octanol–water partition coefficient (Wildman–Crippen LogP) is 3.70. The zero-order valence-electron chi connectivity index (χ0n) is 14.2. The lowest BCUT2D eigenvalue weighted by molar-refractivity contribution is -0.121. The molecule has 0 bridgehead atoms. The molecule has 0 atom stereocenters. The summed E-state index contributed by atoms with van der Waals surface area (Å²) in [6, 6.07) is 14.4. The molecule has 23 heavy (non-hydrogen) atoms. The molecule has 1 amide bonds. The van der Waals surface area contributed by atoms with E-state index in [9.17, 15) is 4.79 Å².